The van der Waals surface area contributed by atoms with Crippen LogP contribution in [0.3, 0.4) is 0 Å². The van der Waals surface area contributed by atoms with Gasteiger partial charge in [0.05, 0.1) is 12.8 Å². The average Bonchev–Trinajstić information content (AvgIpc) is 2.17. The summed E-state index contributed by atoms with van der Waals surface area (Å²) < 4.78 is 5.26. The molecule has 0 saturated heterocycles. The Labute approximate surface area is 91.9 Å². The fraction of sp³-hybridized carbons (Fsp3) is 0.583. The maximum Gasteiger partial charge on any atom is 0.141 e. The molecule has 0 amide bonds. The lowest BCUT2D eigenvalue weighted by Gasteiger charge is -2.10. The van der Waals surface area contributed by atoms with Crippen LogP contribution in [0.1, 0.15) is 25.2 Å². The molecule has 0 aliphatic carbocycles. The number of hydrogen-bond donors (Lipinski definition) is 1. The van der Waals surface area contributed by atoms with Gasteiger partial charge in [-0.1, -0.05) is 13.8 Å². The van der Waals surface area contributed by atoms with Gasteiger partial charge in [0.25, 0.3) is 0 Å². The highest BCUT2D eigenvalue weighted by Crippen LogP contribution is 2.15. The summed E-state index contributed by atoms with van der Waals surface area (Å²) in [5.41, 5.74) is 2.01. The summed E-state index contributed by atoms with van der Waals surface area (Å²) in [6.07, 6.45) is 0. The Morgan fingerprint density at radius 3 is 2.73 bits per heavy atom. The summed E-state index contributed by atoms with van der Waals surface area (Å²) in [5.74, 6) is 1.51. The summed E-state index contributed by atoms with van der Waals surface area (Å²) in [5, 5.41) is 3.36. The lowest BCUT2D eigenvalue weighted by Crippen LogP contribution is -2.20. The highest BCUT2D eigenvalue weighted by Gasteiger charge is 2.04. The monoisotopic (exact) mass is 208 g/mol. The summed E-state index contributed by atoms with van der Waals surface area (Å²) in [6, 6.07) is 3.93. The Hall–Kier alpha value is -1.09. The standard InChI is InChI=1S/C12H20N2O/c1-9(2)7-13-8-11-12(15-4)6-5-10(3)14-11/h5-6,9,13H,7-8H2,1-4H3. The molecule has 0 bridgehead atoms. The fourth-order valence-electron chi connectivity index (χ4n) is 1.39. The van der Waals surface area contributed by atoms with Crippen molar-refractivity contribution in [2.24, 2.45) is 5.92 Å². The second-order valence-electron chi connectivity index (χ2n) is 4.13. The Morgan fingerprint density at radius 1 is 1.40 bits per heavy atom. The van der Waals surface area contributed by atoms with Crippen molar-refractivity contribution in [2.75, 3.05) is 13.7 Å². The molecule has 0 aliphatic heterocycles. The zero-order valence-electron chi connectivity index (χ0n) is 10.0. The van der Waals surface area contributed by atoms with Crippen molar-refractivity contribution in [3.05, 3.63) is 23.5 Å². The zero-order chi connectivity index (χ0) is 11.3. The second-order valence-corrected chi connectivity index (χ2v) is 4.13. The zero-order valence-corrected chi connectivity index (χ0v) is 10.0. The summed E-state index contributed by atoms with van der Waals surface area (Å²) in [6.45, 7) is 8.13. The van der Waals surface area contributed by atoms with E-state index < -0.39 is 0 Å². The first-order valence-electron chi connectivity index (χ1n) is 5.34. The van der Waals surface area contributed by atoms with E-state index in [9.17, 15) is 0 Å². The molecule has 1 rings (SSSR count). The number of methoxy groups -OCH3 is 1. The van der Waals surface area contributed by atoms with Crippen molar-refractivity contribution in [2.45, 2.75) is 27.3 Å². The number of hydrogen-bond acceptors (Lipinski definition) is 3. The minimum Gasteiger partial charge on any atom is -0.495 e. The number of ether oxygens (including phenoxy) is 1. The van der Waals surface area contributed by atoms with Crippen molar-refractivity contribution in [1.29, 1.82) is 0 Å². The number of aromatic nitrogens is 1. The number of aryl methyl sites for hydroxylation is 1. The van der Waals surface area contributed by atoms with E-state index in [1.54, 1.807) is 7.11 Å². The van der Waals surface area contributed by atoms with Gasteiger partial charge in [-0.05, 0) is 31.5 Å². The third-order valence-electron chi connectivity index (χ3n) is 2.14. The van der Waals surface area contributed by atoms with Crippen LogP contribution in [0.15, 0.2) is 12.1 Å². The number of nitrogens with zero attached hydrogens (tertiary/aromatic N) is 1. The third-order valence-corrected chi connectivity index (χ3v) is 2.14. The molecule has 15 heavy (non-hydrogen) atoms. The van der Waals surface area contributed by atoms with Gasteiger partial charge < -0.3 is 10.1 Å². The smallest absolute Gasteiger partial charge is 0.141 e. The number of rotatable bonds is 5. The van der Waals surface area contributed by atoms with E-state index in [0.29, 0.717) is 5.92 Å². The number of nitrogens with one attached hydrogen (secondary N) is 1. The minimum atomic E-state index is 0.654. The minimum absolute atomic E-state index is 0.654. The van der Waals surface area contributed by atoms with Crippen LogP contribution in [0.2, 0.25) is 0 Å². The molecule has 0 saturated carbocycles. The molecule has 1 aromatic rings. The molecule has 0 aliphatic rings. The predicted molar refractivity (Wildman–Crippen MR) is 62.1 cm³/mol. The third kappa shape index (κ3) is 3.88. The van der Waals surface area contributed by atoms with Crippen LogP contribution in [-0.4, -0.2) is 18.6 Å². The molecule has 0 aromatic carbocycles. The van der Waals surface area contributed by atoms with Crippen LogP contribution >= 0.6 is 0 Å². The molecule has 3 heteroatoms. The van der Waals surface area contributed by atoms with Gasteiger partial charge >= 0.3 is 0 Å². The highest BCUT2D eigenvalue weighted by molar-refractivity contribution is 5.28. The normalized spacial score (nSPS) is 10.7. The van der Waals surface area contributed by atoms with Crippen LogP contribution < -0.4 is 10.1 Å². The lowest BCUT2D eigenvalue weighted by atomic mass is 10.2. The Morgan fingerprint density at radius 2 is 2.13 bits per heavy atom. The van der Waals surface area contributed by atoms with Gasteiger partial charge in [0, 0.05) is 12.2 Å². The molecule has 1 N–H and O–H groups in total. The predicted octanol–water partition coefficient (Wildman–Crippen LogP) is 2.14. The molecule has 84 valence electrons. The topological polar surface area (TPSA) is 34.1 Å². The fourth-order valence-corrected chi connectivity index (χ4v) is 1.39. The second kappa shape index (κ2) is 5.71. The molecule has 0 unspecified atom stereocenters. The molecule has 1 heterocycles. The van der Waals surface area contributed by atoms with Crippen molar-refractivity contribution in [3.8, 4) is 5.75 Å². The highest BCUT2D eigenvalue weighted by atomic mass is 16.5. The molecular weight excluding hydrogens is 188 g/mol. The van der Waals surface area contributed by atoms with E-state index in [1.807, 2.05) is 19.1 Å². The molecular formula is C12H20N2O. The van der Waals surface area contributed by atoms with Gasteiger partial charge in [-0.3, -0.25) is 4.98 Å². The Balaban J connectivity index is 2.62. The largest absolute Gasteiger partial charge is 0.495 e. The van der Waals surface area contributed by atoms with Gasteiger partial charge in [0.15, 0.2) is 0 Å². The Bertz CT molecular complexity index is 310. The first-order chi connectivity index (χ1) is 7.13. The average molecular weight is 208 g/mol. The van der Waals surface area contributed by atoms with Crippen LogP contribution in [0.25, 0.3) is 0 Å². The molecule has 0 fully saturated rings. The summed E-state index contributed by atoms with van der Waals surface area (Å²) in [7, 11) is 1.68. The molecule has 0 atom stereocenters. The maximum absolute atomic E-state index is 5.26. The van der Waals surface area contributed by atoms with Crippen molar-refractivity contribution in [1.82, 2.24) is 10.3 Å². The van der Waals surface area contributed by atoms with Crippen LogP contribution in [0.4, 0.5) is 0 Å². The van der Waals surface area contributed by atoms with Crippen molar-refractivity contribution < 1.29 is 4.74 Å². The van der Waals surface area contributed by atoms with Crippen LogP contribution in [-0.2, 0) is 6.54 Å². The van der Waals surface area contributed by atoms with E-state index in [2.05, 4.69) is 24.1 Å². The van der Waals surface area contributed by atoms with E-state index >= 15 is 0 Å². The van der Waals surface area contributed by atoms with E-state index in [0.717, 1.165) is 30.2 Å². The maximum atomic E-state index is 5.26. The quantitative estimate of drug-likeness (QED) is 0.805. The van der Waals surface area contributed by atoms with Crippen molar-refractivity contribution >= 4 is 0 Å². The van der Waals surface area contributed by atoms with Crippen LogP contribution in [0, 0.1) is 12.8 Å². The SMILES string of the molecule is COc1ccc(C)nc1CNCC(C)C. The van der Waals surface area contributed by atoms with Gasteiger partial charge in [-0.15, -0.1) is 0 Å². The first kappa shape index (κ1) is 12.0. The Kier molecular flexibility index (Phi) is 4.56. The van der Waals surface area contributed by atoms with Crippen molar-refractivity contribution in [3.63, 3.8) is 0 Å². The number of pyridine rings is 1. The van der Waals surface area contributed by atoms with E-state index in [1.165, 1.54) is 0 Å². The molecule has 0 radical (unpaired) electrons. The van der Waals surface area contributed by atoms with Crippen LogP contribution in [0.5, 0.6) is 5.75 Å². The van der Waals surface area contributed by atoms with E-state index in [4.69, 9.17) is 4.74 Å². The van der Waals surface area contributed by atoms with Gasteiger partial charge in [0.1, 0.15) is 5.75 Å². The van der Waals surface area contributed by atoms with Gasteiger partial charge in [-0.2, -0.15) is 0 Å². The molecule has 1 aromatic heterocycles. The summed E-state index contributed by atoms with van der Waals surface area (Å²) >= 11 is 0. The summed E-state index contributed by atoms with van der Waals surface area (Å²) in [4.78, 5) is 4.45. The first-order valence-corrected chi connectivity index (χ1v) is 5.34. The molecule has 0 spiro atoms. The van der Waals surface area contributed by atoms with E-state index in [-0.39, 0.29) is 0 Å². The van der Waals surface area contributed by atoms with Gasteiger partial charge in [-0.25, -0.2) is 0 Å². The van der Waals surface area contributed by atoms with Gasteiger partial charge in [0.2, 0.25) is 0 Å². The molecule has 3 nitrogen and oxygen atoms in total. The lowest BCUT2D eigenvalue weighted by molar-refractivity contribution is 0.403.